The molecule has 0 bridgehead atoms. The van der Waals surface area contributed by atoms with Gasteiger partial charge >= 0.3 is 0 Å². The molecule has 0 unspecified atom stereocenters. The Morgan fingerprint density at radius 1 is 1.11 bits per heavy atom. The molecular weight excluding hydrogens is 322 g/mol. The van der Waals surface area contributed by atoms with Crippen LogP contribution < -0.4 is 0 Å². The largest absolute Gasteiger partial charge is 0.234 e. The Morgan fingerprint density at radius 3 is 2.58 bits per heavy atom. The summed E-state index contributed by atoms with van der Waals surface area (Å²) in [5.74, 6) is 0.675. The highest BCUT2D eigenvalue weighted by molar-refractivity contribution is 9.10. The molecule has 19 heavy (non-hydrogen) atoms. The molecule has 94 valence electrons. The van der Waals surface area contributed by atoms with Gasteiger partial charge in [0.2, 0.25) is 0 Å². The Labute approximate surface area is 123 Å². The van der Waals surface area contributed by atoms with Crippen molar-refractivity contribution in [3.8, 4) is 22.1 Å². The van der Waals surface area contributed by atoms with E-state index in [0.29, 0.717) is 5.82 Å². The predicted octanol–water partition coefficient (Wildman–Crippen LogP) is 4.34. The van der Waals surface area contributed by atoms with Crippen molar-refractivity contribution in [2.75, 3.05) is 0 Å². The molecule has 0 radical (unpaired) electrons. The molecule has 0 saturated heterocycles. The van der Waals surface area contributed by atoms with Crippen molar-refractivity contribution < 1.29 is 0 Å². The van der Waals surface area contributed by atoms with Crippen LogP contribution in [-0.2, 0) is 0 Å². The van der Waals surface area contributed by atoms with Gasteiger partial charge in [0.15, 0.2) is 10.8 Å². The van der Waals surface area contributed by atoms with Gasteiger partial charge in [0.1, 0.15) is 0 Å². The zero-order chi connectivity index (χ0) is 13.2. The molecule has 0 amide bonds. The number of benzene rings is 1. The molecule has 0 aliphatic heterocycles. The van der Waals surface area contributed by atoms with Crippen molar-refractivity contribution in [1.29, 1.82) is 0 Å². The van der Waals surface area contributed by atoms with E-state index in [9.17, 15) is 0 Å². The number of aryl methyl sites for hydroxylation is 1. The van der Waals surface area contributed by atoms with E-state index in [-0.39, 0.29) is 0 Å². The number of thiazole rings is 1. The monoisotopic (exact) mass is 331 g/mol. The van der Waals surface area contributed by atoms with Crippen molar-refractivity contribution in [1.82, 2.24) is 15.0 Å². The number of hydrogen-bond donors (Lipinski definition) is 0. The Balaban J connectivity index is 2.00. The van der Waals surface area contributed by atoms with Crippen molar-refractivity contribution >= 4 is 27.3 Å². The molecule has 5 heteroatoms. The normalized spacial score (nSPS) is 10.6. The van der Waals surface area contributed by atoms with Crippen LogP contribution in [0.1, 0.15) is 5.56 Å². The van der Waals surface area contributed by atoms with Gasteiger partial charge in [-0.15, -0.1) is 11.3 Å². The fourth-order valence-corrected chi connectivity index (χ4v) is 2.92. The molecule has 3 nitrogen and oxygen atoms in total. The van der Waals surface area contributed by atoms with Crippen LogP contribution in [0.2, 0.25) is 0 Å². The Morgan fingerprint density at radius 2 is 1.84 bits per heavy atom. The summed E-state index contributed by atoms with van der Waals surface area (Å²) < 4.78 is 1.04. The van der Waals surface area contributed by atoms with E-state index >= 15 is 0 Å². The van der Waals surface area contributed by atoms with Crippen LogP contribution in [0.15, 0.2) is 46.5 Å². The second-order valence-electron chi connectivity index (χ2n) is 4.10. The molecule has 0 N–H and O–H groups in total. The minimum absolute atomic E-state index is 0.675. The van der Waals surface area contributed by atoms with E-state index in [1.165, 1.54) is 0 Å². The molecule has 0 aliphatic rings. The molecule has 0 saturated carbocycles. The Bertz CT molecular complexity index is 707. The van der Waals surface area contributed by atoms with Gasteiger partial charge in [0.25, 0.3) is 0 Å². The zero-order valence-electron chi connectivity index (χ0n) is 10.2. The van der Waals surface area contributed by atoms with E-state index in [1.807, 2.05) is 49.0 Å². The van der Waals surface area contributed by atoms with Crippen LogP contribution in [0.25, 0.3) is 22.1 Å². The standard InChI is InChI=1S/C14H10BrN3S/c1-9-6-16-13(17-7-9)14-18-12(8-19-14)10-4-2-3-5-11(10)15/h2-8H,1H3. The third-order valence-corrected chi connectivity index (χ3v) is 4.16. The van der Waals surface area contributed by atoms with E-state index < -0.39 is 0 Å². The predicted molar refractivity (Wildman–Crippen MR) is 81.0 cm³/mol. The lowest BCUT2D eigenvalue weighted by atomic mass is 10.2. The van der Waals surface area contributed by atoms with Crippen molar-refractivity contribution in [2.24, 2.45) is 0 Å². The second-order valence-corrected chi connectivity index (χ2v) is 5.81. The molecule has 2 heterocycles. The number of aromatic nitrogens is 3. The molecule has 2 aromatic heterocycles. The quantitative estimate of drug-likeness (QED) is 0.701. The molecule has 0 atom stereocenters. The van der Waals surface area contributed by atoms with Gasteiger partial charge in [-0.2, -0.15) is 0 Å². The first-order valence-corrected chi connectivity index (χ1v) is 7.41. The topological polar surface area (TPSA) is 38.7 Å². The summed E-state index contributed by atoms with van der Waals surface area (Å²) in [4.78, 5) is 13.2. The van der Waals surface area contributed by atoms with Crippen molar-refractivity contribution in [3.05, 3.63) is 52.1 Å². The molecule has 3 rings (SSSR count). The lowest BCUT2D eigenvalue weighted by Gasteiger charge is -1.99. The van der Waals surface area contributed by atoms with Gasteiger partial charge in [-0.05, 0) is 18.6 Å². The Kier molecular flexibility index (Phi) is 3.40. The summed E-state index contributed by atoms with van der Waals surface area (Å²) in [5.41, 5.74) is 3.07. The maximum absolute atomic E-state index is 4.60. The number of nitrogens with zero attached hydrogens (tertiary/aromatic N) is 3. The maximum atomic E-state index is 4.60. The minimum Gasteiger partial charge on any atom is -0.234 e. The van der Waals surface area contributed by atoms with Gasteiger partial charge in [-0.1, -0.05) is 34.1 Å². The first-order valence-electron chi connectivity index (χ1n) is 5.73. The summed E-state index contributed by atoms with van der Waals surface area (Å²) in [6, 6.07) is 8.04. The third-order valence-electron chi connectivity index (χ3n) is 2.63. The lowest BCUT2D eigenvalue weighted by Crippen LogP contribution is -1.88. The smallest absolute Gasteiger partial charge is 0.188 e. The van der Waals surface area contributed by atoms with Crippen LogP contribution in [-0.4, -0.2) is 15.0 Å². The third kappa shape index (κ3) is 2.57. The van der Waals surface area contributed by atoms with E-state index in [4.69, 9.17) is 0 Å². The minimum atomic E-state index is 0.675. The van der Waals surface area contributed by atoms with Gasteiger partial charge in [-0.25, -0.2) is 15.0 Å². The first kappa shape index (κ1) is 12.4. The van der Waals surface area contributed by atoms with Crippen LogP contribution >= 0.6 is 27.3 Å². The summed E-state index contributed by atoms with van der Waals surface area (Å²) in [5, 5.41) is 2.87. The highest BCUT2D eigenvalue weighted by Gasteiger charge is 2.10. The lowest BCUT2D eigenvalue weighted by molar-refractivity contribution is 1.13. The van der Waals surface area contributed by atoms with Gasteiger partial charge < -0.3 is 0 Å². The van der Waals surface area contributed by atoms with Gasteiger partial charge in [0, 0.05) is 27.8 Å². The highest BCUT2D eigenvalue weighted by Crippen LogP contribution is 2.31. The van der Waals surface area contributed by atoms with Gasteiger partial charge in [0.05, 0.1) is 5.69 Å². The second kappa shape index (κ2) is 5.19. The summed E-state index contributed by atoms with van der Waals surface area (Å²) >= 11 is 5.10. The molecule has 0 fully saturated rings. The fourth-order valence-electron chi connectivity index (χ4n) is 1.67. The Hall–Kier alpha value is -1.59. The average Bonchev–Trinajstić information content (AvgIpc) is 2.89. The number of hydrogen-bond acceptors (Lipinski definition) is 4. The highest BCUT2D eigenvalue weighted by atomic mass is 79.9. The summed E-state index contributed by atoms with van der Waals surface area (Å²) in [6.07, 6.45) is 3.61. The van der Waals surface area contributed by atoms with Crippen molar-refractivity contribution in [2.45, 2.75) is 6.92 Å². The van der Waals surface area contributed by atoms with Crippen LogP contribution in [0, 0.1) is 6.92 Å². The average molecular weight is 332 g/mol. The first-order chi connectivity index (χ1) is 9.24. The fraction of sp³-hybridized carbons (Fsp3) is 0.0714. The molecule has 0 spiro atoms. The van der Waals surface area contributed by atoms with Crippen molar-refractivity contribution in [3.63, 3.8) is 0 Å². The van der Waals surface area contributed by atoms with Crippen LogP contribution in [0.5, 0.6) is 0 Å². The van der Waals surface area contributed by atoms with Crippen LogP contribution in [0.3, 0.4) is 0 Å². The van der Waals surface area contributed by atoms with Gasteiger partial charge in [-0.3, -0.25) is 0 Å². The molecule has 3 aromatic rings. The van der Waals surface area contributed by atoms with Crippen LogP contribution in [0.4, 0.5) is 0 Å². The zero-order valence-corrected chi connectivity index (χ0v) is 12.6. The van der Waals surface area contributed by atoms with E-state index in [1.54, 1.807) is 11.3 Å². The summed E-state index contributed by atoms with van der Waals surface area (Å²) in [7, 11) is 0. The SMILES string of the molecule is Cc1cnc(-c2nc(-c3ccccc3Br)cs2)nc1. The summed E-state index contributed by atoms with van der Waals surface area (Å²) in [6.45, 7) is 1.97. The maximum Gasteiger partial charge on any atom is 0.188 e. The molecule has 0 aliphatic carbocycles. The number of halogens is 1. The molecular formula is C14H10BrN3S. The van der Waals surface area contributed by atoms with E-state index in [0.717, 1.165) is 26.3 Å². The molecule has 1 aromatic carbocycles. The van der Waals surface area contributed by atoms with E-state index in [2.05, 4.69) is 30.9 Å². The number of rotatable bonds is 2.